The quantitative estimate of drug-likeness (QED) is 0.465. The summed E-state index contributed by atoms with van der Waals surface area (Å²) in [5.74, 6) is 0. The van der Waals surface area contributed by atoms with Crippen molar-refractivity contribution in [3.05, 3.63) is 12.2 Å². The van der Waals surface area contributed by atoms with Crippen molar-refractivity contribution in [2.45, 2.75) is 26.2 Å². The van der Waals surface area contributed by atoms with Crippen molar-refractivity contribution in [1.82, 2.24) is 5.32 Å². The third-order valence-corrected chi connectivity index (χ3v) is 1.30. The van der Waals surface area contributed by atoms with E-state index in [1.807, 2.05) is 0 Å². The van der Waals surface area contributed by atoms with Gasteiger partial charge in [0.25, 0.3) is 0 Å². The van der Waals surface area contributed by atoms with Gasteiger partial charge >= 0.3 is 0 Å². The highest BCUT2D eigenvalue weighted by Gasteiger charge is 1.82. The van der Waals surface area contributed by atoms with Crippen LogP contribution in [0.2, 0.25) is 0 Å². The zero-order valence-corrected chi connectivity index (χ0v) is 7.14. The molecular weight excluding hydrogens is 136 g/mol. The topological polar surface area (TPSA) is 35.8 Å². The minimum atomic E-state index is 0.609. The average molecular weight is 152 g/mol. The van der Waals surface area contributed by atoms with Crippen LogP contribution in [0.15, 0.2) is 12.2 Å². The standard InChI is InChI=1S/C9H16N2/c1-2-3-4-5-8-11-9-6-7-10/h3-4,11H,2,5-6,8-9H2,1H3/b4-3+. The van der Waals surface area contributed by atoms with Crippen molar-refractivity contribution in [3.8, 4) is 6.07 Å². The molecule has 0 spiro atoms. The molecule has 0 rings (SSSR count). The van der Waals surface area contributed by atoms with E-state index in [0.717, 1.165) is 25.9 Å². The molecule has 0 aromatic rings. The van der Waals surface area contributed by atoms with Crippen molar-refractivity contribution in [1.29, 1.82) is 5.26 Å². The molecule has 0 aromatic carbocycles. The van der Waals surface area contributed by atoms with Crippen LogP contribution in [0.25, 0.3) is 0 Å². The van der Waals surface area contributed by atoms with E-state index < -0.39 is 0 Å². The van der Waals surface area contributed by atoms with Gasteiger partial charge in [0.1, 0.15) is 0 Å². The van der Waals surface area contributed by atoms with E-state index >= 15 is 0 Å². The fourth-order valence-electron chi connectivity index (χ4n) is 0.739. The fraction of sp³-hybridized carbons (Fsp3) is 0.667. The zero-order chi connectivity index (χ0) is 8.36. The highest BCUT2D eigenvalue weighted by Crippen LogP contribution is 1.84. The molecule has 0 atom stereocenters. The zero-order valence-electron chi connectivity index (χ0n) is 7.14. The van der Waals surface area contributed by atoms with Crippen LogP contribution in [0.3, 0.4) is 0 Å². The molecule has 0 fully saturated rings. The van der Waals surface area contributed by atoms with Crippen molar-refractivity contribution in [3.63, 3.8) is 0 Å². The summed E-state index contributed by atoms with van der Waals surface area (Å²) in [5.41, 5.74) is 0. The van der Waals surface area contributed by atoms with Crippen LogP contribution in [-0.4, -0.2) is 13.1 Å². The van der Waals surface area contributed by atoms with E-state index in [-0.39, 0.29) is 0 Å². The third kappa shape index (κ3) is 9.19. The number of rotatable bonds is 6. The molecule has 0 saturated heterocycles. The SMILES string of the molecule is CC/C=C/CCNCCC#N. The lowest BCUT2D eigenvalue weighted by molar-refractivity contribution is 0.700. The summed E-state index contributed by atoms with van der Waals surface area (Å²) in [6, 6.07) is 2.09. The van der Waals surface area contributed by atoms with Crippen LogP contribution in [-0.2, 0) is 0 Å². The van der Waals surface area contributed by atoms with Crippen molar-refractivity contribution in [2.75, 3.05) is 13.1 Å². The molecule has 0 aliphatic carbocycles. The Hall–Kier alpha value is -0.810. The number of allylic oxidation sites excluding steroid dienone is 1. The van der Waals surface area contributed by atoms with Crippen LogP contribution < -0.4 is 5.32 Å². The summed E-state index contributed by atoms with van der Waals surface area (Å²) < 4.78 is 0. The Morgan fingerprint density at radius 3 is 2.82 bits per heavy atom. The molecule has 2 nitrogen and oxygen atoms in total. The van der Waals surface area contributed by atoms with E-state index in [1.165, 1.54) is 0 Å². The van der Waals surface area contributed by atoms with Gasteiger partial charge in [-0.1, -0.05) is 19.1 Å². The predicted molar refractivity (Wildman–Crippen MR) is 47.1 cm³/mol. The first kappa shape index (κ1) is 10.2. The maximum absolute atomic E-state index is 8.20. The molecule has 0 aliphatic rings. The molecule has 0 aromatic heterocycles. The van der Waals surface area contributed by atoms with Gasteiger partial charge in [-0.2, -0.15) is 5.26 Å². The predicted octanol–water partition coefficient (Wildman–Crippen LogP) is 1.85. The first-order valence-corrected chi connectivity index (χ1v) is 4.14. The van der Waals surface area contributed by atoms with E-state index in [9.17, 15) is 0 Å². The van der Waals surface area contributed by atoms with E-state index in [4.69, 9.17) is 5.26 Å². The second-order valence-electron chi connectivity index (χ2n) is 2.33. The molecule has 0 amide bonds. The number of nitriles is 1. The summed E-state index contributed by atoms with van der Waals surface area (Å²) in [6.45, 7) is 3.92. The van der Waals surface area contributed by atoms with Gasteiger partial charge in [-0.25, -0.2) is 0 Å². The first-order valence-electron chi connectivity index (χ1n) is 4.14. The molecule has 2 heteroatoms. The second-order valence-corrected chi connectivity index (χ2v) is 2.33. The van der Waals surface area contributed by atoms with Crippen molar-refractivity contribution < 1.29 is 0 Å². The molecule has 11 heavy (non-hydrogen) atoms. The monoisotopic (exact) mass is 152 g/mol. The lowest BCUT2D eigenvalue weighted by atomic mass is 10.3. The molecule has 0 radical (unpaired) electrons. The maximum Gasteiger partial charge on any atom is 0.0635 e. The van der Waals surface area contributed by atoms with Crippen LogP contribution in [0, 0.1) is 11.3 Å². The Labute approximate surface area is 68.9 Å². The van der Waals surface area contributed by atoms with Crippen LogP contribution in [0.5, 0.6) is 0 Å². The molecule has 62 valence electrons. The largest absolute Gasteiger partial charge is 0.315 e. The fourth-order valence-corrected chi connectivity index (χ4v) is 0.739. The van der Waals surface area contributed by atoms with Crippen LogP contribution >= 0.6 is 0 Å². The summed E-state index contributed by atoms with van der Waals surface area (Å²) in [4.78, 5) is 0. The van der Waals surface area contributed by atoms with E-state index in [1.54, 1.807) is 0 Å². The van der Waals surface area contributed by atoms with Gasteiger partial charge in [0.05, 0.1) is 6.07 Å². The lowest BCUT2D eigenvalue weighted by Gasteiger charge is -1.96. The second kappa shape index (κ2) is 9.19. The van der Waals surface area contributed by atoms with Gasteiger partial charge in [0.2, 0.25) is 0 Å². The maximum atomic E-state index is 8.20. The smallest absolute Gasteiger partial charge is 0.0635 e. The Morgan fingerprint density at radius 2 is 2.18 bits per heavy atom. The minimum Gasteiger partial charge on any atom is -0.315 e. The molecule has 0 heterocycles. The van der Waals surface area contributed by atoms with Gasteiger partial charge in [0, 0.05) is 13.0 Å². The summed E-state index contributed by atoms with van der Waals surface area (Å²) >= 11 is 0. The van der Waals surface area contributed by atoms with Gasteiger partial charge in [0.15, 0.2) is 0 Å². The Kier molecular flexibility index (Phi) is 8.51. The van der Waals surface area contributed by atoms with Gasteiger partial charge in [-0.15, -0.1) is 0 Å². The Bertz CT molecular complexity index is 133. The molecule has 1 N–H and O–H groups in total. The number of nitrogens with zero attached hydrogens (tertiary/aromatic N) is 1. The van der Waals surface area contributed by atoms with Crippen LogP contribution in [0.1, 0.15) is 26.2 Å². The third-order valence-electron chi connectivity index (χ3n) is 1.30. The molecule has 0 aliphatic heterocycles. The van der Waals surface area contributed by atoms with Gasteiger partial charge in [-0.05, 0) is 19.4 Å². The molecule has 0 saturated carbocycles. The number of hydrogen-bond acceptors (Lipinski definition) is 2. The molecular formula is C9H16N2. The van der Waals surface area contributed by atoms with Gasteiger partial charge in [-0.3, -0.25) is 0 Å². The van der Waals surface area contributed by atoms with E-state index in [0.29, 0.717) is 6.42 Å². The normalized spacial score (nSPS) is 10.2. The summed E-state index contributed by atoms with van der Waals surface area (Å²) in [6.07, 6.45) is 7.11. The Morgan fingerprint density at radius 1 is 1.36 bits per heavy atom. The highest BCUT2D eigenvalue weighted by atomic mass is 14.8. The number of nitrogens with one attached hydrogen (secondary N) is 1. The van der Waals surface area contributed by atoms with Gasteiger partial charge < -0.3 is 5.32 Å². The average Bonchev–Trinajstić information content (AvgIpc) is 2.03. The Balaban J connectivity index is 2.91. The van der Waals surface area contributed by atoms with Crippen LogP contribution in [0.4, 0.5) is 0 Å². The van der Waals surface area contributed by atoms with Crippen molar-refractivity contribution in [2.24, 2.45) is 0 Å². The lowest BCUT2D eigenvalue weighted by Crippen LogP contribution is -2.15. The number of hydrogen-bond donors (Lipinski definition) is 1. The summed E-state index contributed by atoms with van der Waals surface area (Å²) in [7, 11) is 0. The minimum absolute atomic E-state index is 0.609. The molecule has 0 unspecified atom stereocenters. The summed E-state index contributed by atoms with van der Waals surface area (Å²) in [5, 5.41) is 11.4. The highest BCUT2D eigenvalue weighted by molar-refractivity contribution is 4.80. The molecule has 0 bridgehead atoms. The van der Waals surface area contributed by atoms with E-state index in [2.05, 4.69) is 30.5 Å². The van der Waals surface area contributed by atoms with Crippen molar-refractivity contribution >= 4 is 0 Å². The first-order chi connectivity index (χ1) is 5.41.